The van der Waals surface area contributed by atoms with Gasteiger partial charge in [0.25, 0.3) is 0 Å². The van der Waals surface area contributed by atoms with Crippen LogP contribution in [0.5, 0.6) is 0 Å². The lowest BCUT2D eigenvalue weighted by Gasteiger charge is -2.30. The van der Waals surface area contributed by atoms with Crippen molar-refractivity contribution in [3.05, 3.63) is 54.8 Å². The molecule has 0 radical (unpaired) electrons. The monoisotopic (exact) mass is 255 g/mol. The van der Waals surface area contributed by atoms with E-state index in [1.54, 1.807) is 6.08 Å². The average Bonchev–Trinajstić information content (AvgIpc) is 2.44. The van der Waals surface area contributed by atoms with Crippen LogP contribution in [0.4, 0.5) is 5.69 Å². The van der Waals surface area contributed by atoms with Crippen molar-refractivity contribution >= 4 is 11.5 Å². The van der Waals surface area contributed by atoms with E-state index in [1.165, 1.54) is 5.57 Å². The first-order valence-electron chi connectivity index (χ1n) is 6.69. The highest BCUT2D eigenvalue weighted by Crippen LogP contribution is 2.36. The van der Waals surface area contributed by atoms with Crippen LogP contribution in [0.15, 0.2) is 54.8 Å². The molecule has 1 aromatic carbocycles. The van der Waals surface area contributed by atoms with Crippen molar-refractivity contribution in [3.63, 3.8) is 0 Å². The number of hydrogen-bond donors (Lipinski definition) is 0. The maximum absolute atomic E-state index is 12.1. The van der Waals surface area contributed by atoms with Crippen LogP contribution in [0, 0.1) is 5.41 Å². The van der Waals surface area contributed by atoms with E-state index in [-0.39, 0.29) is 11.2 Å². The first-order chi connectivity index (χ1) is 9.05. The highest BCUT2D eigenvalue weighted by molar-refractivity contribution is 5.89. The van der Waals surface area contributed by atoms with Gasteiger partial charge in [-0.25, -0.2) is 0 Å². The zero-order valence-corrected chi connectivity index (χ0v) is 11.7. The van der Waals surface area contributed by atoms with E-state index in [2.05, 4.69) is 29.8 Å². The highest BCUT2D eigenvalue weighted by atomic mass is 16.1. The molecule has 1 fully saturated rings. The Labute approximate surface area is 115 Å². The predicted molar refractivity (Wildman–Crippen MR) is 80.1 cm³/mol. The van der Waals surface area contributed by atoms with E-state index >= 15 is 0 Å². The van der Waals surface area contributed by atoms with Gasteiger partial charge in [0.1, 0.15) is 5.78 Å². The Hall–Kier alpha value is -1.83. The maximum atomic E-state index is 12.1. The Morgan fingerprint density at radius 1 is 1.32 bits per heavy atom. The Balaban J connectivity index is 2.10. The SMILES string of the molecule is C=CC1(C)CCC(=CN(C)c2ccccc2)CC1=O. The lowest BCUT2D eigenvalue weighted by molar-refractivity contribution is -0.126. The molecule has 0 heterocycles. The molecule has 0 amide bonds. The number of Topliss-reactive ketones (excluding diaryl/α,β-unsaturated/α-hetero) is 1. The van der Waals surface area contributed by atoms with Crippen LogP contribution in [0.3, 0.4) is 0 Å². The van der Waals surface area contributed by atoms with Crippen molar-refractivity contribution in [2.45, 2.75) is 26.2 Å². The number of rotatable bonds is 3. The second-order valence-corrected chi connectivity index (χ2v) is 5.46. The van der Waals surface area contributed by atoms with Crippen molar-refractivity contribution in [2.75, 3.05) is 11.9 Å². The number of carbonyl (C=O) groups excluding carboxylic acids is 1. The van der Waals surface area contributed by atoms with Gasteiger partial charge in [0.15, 0.2) is 0 Å². The number of allylic oxidation sites excluding steroid dienone is 2. The number of benzene rings is 1. The number of hydrogen-bond acceptors (Lipinski definition) is 2. The molecule has 1 unspecified atom stereocenters. The zero-order chi connectivity index (χ0) is 13.9. The number of ketones is 1. The van der Waals surface area contributed by atoms with Crippen LogP contribution in [-0.2, 0) is 4.79 Å². The summed E-state index contributed by atoms with van der Waals surface area (Å²) >= 11 is 0. The lowest BCUT2D eigenvalue weighted by atomic mass is 9.73. The van der Waals surface area contributed by atoms with E-state index in [4.69, 9.17) is 0 Å². The largest absolute Gasteiger partial charge is 0.351 e. The van der Waals surface area contributed by atoms with Crippen LogP contribution in [0.1, 0.15) is 26.2 Å². The van der Waals surface area contributed by atoms with Crippen molar-refractivity contribution < 1.29 is 4.79 Å². The first-order valence-corrected chi connectivity index (χ1v) is 6.69. The molecule has 0 bridgehead atoms. The van der Waals surface area contributed by atoms with Gasteiger partial charge in [0.2, 0.25) is 0 Å². The first kappa shape index (κ1) is 13.6. The number of carbonyl (C=O) groups is 1. The topological polar surface area (TPSA) is 20.3 Å². The van der Waals surface area contributed by atoms with Crippen LogP contribution >= 0.6 is 0 Å². The molecule has 19 heavy (non-hydrogen) atoms. The van der Waals surface area contributed by atoms with E-state index in [1.807, 2.05) is 32.2 Å². The number of para-hydroxylation sites is 1. The van der Waals surface area contributed by atoms with Gasteiger partial charge < -0.3 is 4.90 Å². The summed E-state index contributed by atoms with van der Waals surface area (Å²) in [6.45, 7) is 5.78. The molecular weight excluding hydrogens is 234 g/mol. The molecule has 0 saturated heterocycles. The summed E-state index contributed by atoms with van der Waals surface area (Å²) in [4.78, 5) is 14.2. The predicted octanol–water partition coefficient (Wildman–Crippen LogP) is 3.95. The molecule has 2 rings (SSSR count). The molecule has 1 saturated carbocycles. The number of nitrogens with zero attached hydrogens (tertiary/aromatic N) is 1. The average molecular weight is 255 g/mol. The molecule has 1 atom stereocenters. The van der Waals surface area contributed by atoms with E-state index in [0.29, 0.717) is 6.42 Å². The molecule has 2 nitrogen and oxygen atoms in total. The van der Waals surface area contributed by atoms with Crippen LogP contribution in [0.2, 0.25) is 0 Å². The van der Waals surface area contributed by atoms with Gasteiger partial charge in [-0.1, -0.05) is 24.3 Å². The normalized spacial score (nSPS) is 25.4. The lowest BCUT2D eigenvalue weighted by Crippen LogP contribution is -2.30. The molecule has 0 aliphatic heterocycles. The summed E-state index contributed by atoms with van der Waals surface area (Å²) in [5, 5.41) is 0. The smallest absolute Gasteiger partial charge is 0.146 e. The fraction of sp³-hybridized carbons (Fsp3) is 0.353. The highest BCUT2D eigenvalue weighted by Gasteiger charge is 2.33. The van der Waals surface area contributed by atoms with Crippen molar-refractivity contribution in [1.29, 1.82) is 0 Å². The molecular formula is C17H21NO. The van der Waals surface area contributed by atoms with E-state index in [0.717, 1.165) is 18.5 Å². The third-order valence-electron chi connectivity index (χ3n) is 3.98. The summed E-state index contributed by atoms with van der Waals surface area (Å²) in [7, 11) is 2.02. The molecule has 0 N–H and O–H groups in total. The minimum atomic E-state index is -0.331. The van der Waals surface area contributed by atoms with Crippen LogP contribution in [0.25, 0.3) is 0 Å². The van der Waals surface area contributed by atoms with Gasteiger partial charge >= 0.3 is 0 Å². The molecule has 0 spiro atoms. The Kier molecular flexibility index (Phi) is 3.89. The summed E-state index contributed by atoms with van der Waals surface area (Å²) in [6.07, 6.45) is 6.26. The summed E-state index contributed by atoms with van der Waals surface area (Å²) < 4.78 is 0. The van der Waals surface area contributed by atoms with Crippen LogP contribution in [-0.4, -0.2) is 12.8 Å². The molecule has 100 valence electrons. The fourth-order valence-corrected chi connectivity index (χ4v) is 2.39. The second kappa shape index (κ2) is 5.43. The third kappa shape index (κ3) is 2.95. The van der Waals surface area contributed by atoms with Gasteiger partial charge in [-0.15, -0.1) is 6.58 Å². The molecule has 1 aliphatic carbocycles. The van der Waals surface area contributed by atoms with Crippen molar-refractivity contribution in [2.24, 2.45) is 5.41 Å². The third-order valence-corrected chi connectivity index (χ3v) is 3.98. The van der Waals surface area contributed by atoms with Crippen molar-refractivity contribution in [3.8, 4) is 0 Å². The van der Waals surface area contributed by atoms with Gasteiger partial charge in [-0.05, 0) is 37.5 Å². The van der Waals surface area contributed by atoms with Gasteiger partial charge in [-0.3, -0.25) is 4.79 Å². The second-order valence-electron chi connectivity index (χ2n) is 5.46. The van der Waals surface area contributed by atoms with Crippen LogP contribution < -0.4 is 4.90 Å². The quantitative estimate of drug-likeness (QED) is 0.762. The van der Waals surface area contributed by atoms with Crippen molar-refractivity contribution in [1.82, 2.24) is 0 Å². The summed E-state index contributed by atoms with van der Waals surface area (Å²) in [5.74, 6) is 0.279. The van der Waals surface area contributed by atoms with E-state index < -0.39 is 0 Å². The van der Waals surface area contributed by atoms with Gasteiger partial charge in [-0.2, -0.15) is 0 Å². The minimum absolute atomic E-state index is 0.279. The van der Waals surface area contributed by atoms with E-state index in [9.17, 15) is 4.79 Å². The Morgan fingerprint density at radius 2 is 2.00 bits per heavy atom. The Morgan fingerprint density at radius 3 is 2.58 bits per heavy atom. The van der Waals surface area contributed by atoms with Gasteiger partial charge in [0, 0.05) is 30.8 Å². The number of anilines is 1. The molecule has 1 aromatic rings. The summed E-state index contributed by atoms with van der Waals surface area (Å²) in [6, 6.07) is 10.2. The molecule has 0 aromatic heterocycles. The standard InChI is InChI=1S/C17H21NO/c1-4-17(2)11-10-14(12-16(17)19)13-18(3)15-8-6-5-7-9-15/h4-9,13H,1,10-12H2,2-3H3. The zero-order valence-electron chi connectivity index (χ0n) is 11.7. The molecule has 2 heteroatoms. The van der Waals surface area contributed by atoms with Gasteiger partial charge in [0.05, 0.1) is 0 Å². The summed E-state index contributed by atoms with van der Waals surface area (Å²) in [5.41, 5.74) is 2.01. The maximum Gasteiger partial charge on any atom is 0.146 e. The Bertz CT molecular complexity index is 503. The molecule has 1 aliphatic rings. The minimum Gasteiger partial charge on any atom is -0.351 e. The fourth-order valence-electron chi connectivity index (χ4n) is 2.39.